The number of rotatable bonds is 4. The Labute approximate surface area is 117 Å². The molecule has 3 nitrogen and oxygen atoms in total. The van der Waals surface area contributed by atoms with E-state index in [1.165, 1.54) is 28.5 Å². The number of aryl methyl sites for hydroxylation is 2. The summed E-state index contributed by atoms with van der Waals surface area (Å²) in [6.07, 6.45) is 1.30. The summed E-state index contributed by atoms with van der Waals surface area (Å²) in [5.41, 5.74) is 5.90. The highest BCUT2D eigenvalue weighted by Gasteiger charge is 2.29. The van der Waals surface area contributed by atoms with Crippen LogP contribution in [0.4, 0.5) is 0 Å². The summed E-state index contributed by atoms with van der Waals surface area (Å²) < 4.78 is 23.7. The van der Waals surface area contributed by atoms with Crippen molar-refractivity contribution in [3.8, 4) is 0 Å². The summed E-state index contributed by atoms with van der Waals surface area (Å²) in [5, 5.41) is 2.73. The van der Waals surface area contributed by atoms with Gasteiger partial charge in [-0.2, -0.15) is 0 Å². The average molecular weight is 283 g/mol. The molecule has 19 heavy (non-hydrogen) atoms. The van der Waals surface area contributed by atoms with Crippen LogP contribution in [0.15, 0.2) is 6.07 Å². The van der Waals surface area contributed by atoms with Crippen molar-refractivity contribution in [2.24, 2.45) is 0 Å². The van der Waals surface area contributed by atoms with Gasteiger partial charge in [0.2, 0.25) is 0 Å². The van der Waals surface area contributed by atoms with Gasteiger partial charge in [-0.25, -0.2) is 8.42 Å². The molecule has 1 aromatic carbocycles. The van der Waals surface area contributed by atoms with E-state index in [1.807, 2.05) is 7.05 Å². The van der Waals surface area contributed by atoms with Crippen LogP contribution in [-0.2, 0) is 9.84 Å². The van der Waals surface area contributed by atoms with Crippen LogP contribution >= 0.6 is 0 Å². The normalized spacial score (nSPS) is 15.3. The molecule has 0 saturated heterocycles. The Hall–Kier alpha value is -0.870. The molecule has 4 heteroatoms. The fraction of sp³-hybridized carbons (Fsp3) is 0.600. The Balaban J connectivity index is 3.50. The highest BCUT2D eigenvalue weighted by molar-refractivity contribution is 7.91. The van der Waals surface area contributed by atoms with E-state index in [0.29, 0.717) is 0 Å². The minimum Gasteiger partial charge on any atom is -0.312 e. The zero-order valence-corrected chi connectivity index (χ0v) is 13.8. The minimum absolute atomic E-state index is 0.173. The molecule has 0 heterocycles. The molecule has 1 rings (SSSR count). The zero-order valence-electron chi connectivity index (χ0n) is 13.0. The quantitative estimate of drug-likeness (QED) is 0.924. The Kier molecular flexibility index (Phi) is 4.80. The highest BCUT2D eigenvalue weighted by Crippen LogP contribution is 2.31. The first-order valence-corrected chi connectivity index (χ1v) is 8.50. The fourth-order valence-corrected chi connectivity index (χ4v) is 3.34. The summed E-state index contributed by atoms with van der Waals surface area (Å²) in [4.78, 5) is 0. The van der Waals surface area contributed by atoms with Crippen LogP contribution < -0.4 is 5.32 Å². The van der Waals surface area contributed by atoms with Crippen molar-refractivity contribution >= 4 is 9.84 Å². The van der Waals surface area contributed by atoms with Gasteiger partial charge in [-0.05, 0) is 69.5 Å². The lowest BCUT2D eigenvalue weighted by Gasteiger charge is -2.27. The van der Waals surface area contributed by atoms with E-state index < -0.39 is 15.1 Å². The van der Waals surface area contributed by atoms with E-state index in [-0.39, 0.29) is 6.04 Å². The third kappa shape index (κ3) is 3.18. The summed E-state index contributed by atoms with van der Waals surface area (Å²) in [6, 6.07) is 1.99. The first-order chi connectivity index (χ1) is 8.61. The van der Waals surface area contributed by atoms with Crippen LogP contribution in [0.5, 0.6) is 0 Å². The molecule has 0 aliphatic carbocycles. The van der Waals surface area contributed by atoms with Crippen molar-refractivity contribution in [2.45, 2.75) is 45.9 Å². The van der Waals surface area contributed by atoms with Gasteiger partial charge in [0, 0.05) is 12.3 Å². The summed E-state index contributed by atoms with van der Waals surface area (Å²) in [5.74, 6) is 0. The SMILES string of the molecule is CNC(c1c(C)c(C)cc(C)c1C)C(C)S(C)(=O)=O. The second kappa shape index (κ2) is 5.63. The first kappa shape index (κ1) is 16.2. The van der Waals surface area contributed by atoms with Crippen molar-refractivity contribution in [3.63, 3.8) is 0 Å². The van der Waals surface area contributed by atoms with Gasteiger partial charge >= 0.3 is 0 Å². The summed E-state index contributed by atoms with van der Waals surface area (Å²) in [6.45, 7) is 10.0. The molecule has 2 unspecified atom stereocenters. The molecule has 0 aliphatic heterocycles. The molecule has 0 aromatic heterocycles. The van der Waals surface area contributed by atoms with E-state index in [9.17, 15) is 8.42 Å². The Bertz CT molecular complexity index is 550. The van der Waals surface area contributed by atoms with E-state index in [4.69, 9.17) is 0 Å². The maximum absolute atomic E-state index is 11.9. The maximum Gasteiger partial charge on any atom is 0.151 e. The predicted octanol–water partition coefficient (Wildman–Crippen LogP) is 2.61. The van der Waals surface area contributed by atoms with Gasteiger partial charge in [0.15, 0.2) is 9.84 Å². The number of hydrogen-bond acceptors (Lipinski definition) is 3. The van der Waals surface area contributed by atoms with Crippen molar-refractivity contribution in [1.29, 1.82) is 0 Å². The van der Waals surface area contributed by atoms with Crippen LogP contribution in [0, 0.1) is 27.7 Å². The Morgan fingerprint density at radius 3 is 1.79 bits per heavy atom. The minimum atomic E-state index is -3.08. The number of sulfone groups is 1. The third-order valence-corrected chi connectivity index (χ3v) is 5.81. The van der Waals surface area contributed by atoms with Crippen LogP contribution in [0.1, 0.15) is 40.8 Å². The molecule has 0 bridgehead atoms. The second-order valence-electron chi connectivity index (χ2n) is 5.48. The van der Waals surface area contributed by atoms with E-state index >= 15 is 0 Å². The lowest BCUT2D eigenvalue weighted by Crippen LogP contribution is -2.34. The Morgan fingerprint density at radius 1 is 1.05 bits per heavy atom. The van der Waals surface area contributed by atoms with Gasteiger partial charge in [-0.1, -0.05) is 6.07 Å². The van der Waals surface area contributed by atoms with Gasteiger partial charge in [-0.15, -0.1) is 0 Å². The summed E-state index contributed by atoms with van der Waals surface area (Å²) >= 11 is 0. The molecule has 0 amide bonds. The van der Waals surface area contributed by atoms with E-state index in [0.717, 1.165) is 5.56 Å². The predicted molar refractivity (Wildman–Crippen MR) is 81.5 cm³/mol. The molecule has 2 atom stereocenters. The average Bonchev–Trinajstić information content (AvgIpc) is 2.30. The number of hydrogen-bond donors (Lipinski definition) is 1. The molecule has 108 valence electrons. The monoisotopic (exact) mass is 283 g/mol. The van der Waals surface area contributed by atoms with Gasteiger partial charge in [0.05, 0.1) is 5.25 Å². The standard InChI is InChI=1S/C15H25NO2S/c1-9-8-10(2)12(4)14(11(9)3)15(16-6)13(5)19(7,17)18/h8,13,15-16H,1-7H3. The van der Waals surface area contributed by atoms with E-state index in [2.05, 4.69) is 39.1 Å². The van der Waals surface area contributed by atoms with Crippen molar-refractivity contribution in [3.05, 3.63) is 33.9 Å². The molecule has 0 fully saturated rings. The number of nitrogens with one attached hydrogen (secondary N) is 1. The van der Waals surface area contributed by atoms with Crippen molar-refractivity contribution in [1.82, 2.24) is 5.32 Å². The molecule has 0 aliphatic rings. The number of benzene rings is 1. The largest absolute Gasteiger partial charge is 0.312 e. The van der Waals surface area contributed by atoms with Crippen LogP contribution in [0.2, 0.25) is 0 Å². The van der Waals surface area contributed by atoms with Crippen LogP contribution in [0.3, 0.4) is 0 Å². The summed E-state index contributed by atoms with van der Waals surface area (Å²) in [7, 11) is -1.26. The van der Waals surface area contributed by atoms with Gasteiger partial charge < -0.3 is 5.32 Å². The fourth-order valence-electron chi connectivity index (χ4n) is 2.57. The molecular weight excluding hydrogens is 258 g/mol. The third-order valence-electron chi connectivity index (χ3n) is 4.19. The van der Waals surface area contributed by atoms with E-state index in [1.54, 1.807) is 6.92 Å². The first-order valence-electron chi connectivity index (χ1n) is 6.54. The molecule has 1 N–H and O–H groups in total. The van der Waals surface area contributed by atoms with Gasteiger partial charge in [0.25, 0.3) is 0 Å². The zero-order chi connectivity index (χ0) is 15.0. The van der Waals surface area contributed by atoms with Gasteiger partial charge in [0.1, 0.15) is 0 Å². The molecular formula is C15H25NO2S. The highest BCUT2D eigenvalue weighted by atomic mass is 32.2. The maximum atomic E-state index is 11.9. The van der Waals surface area contributed by atoms with Gasteiger partial charge in [-0.3, -0.25) is 0 Å². The lowest BCUT2D eigenvalue weighted by atomic mass is 9.88. The Morgan fingerprint density at radius 2 is 1.47 bits per heavy atom. The molecule has 0 radical (unpaired) electrons. The molecule has 0 saturated carbocycles. The van der Waals surface area contributed by atoms with Crippen molar-refractivity contribution < 1.29 is 8.42 Å². The van der Waals surface area contributed by atoms with Crippen molar-refractivity contribution in [2.75, 3.05) is 13.3 Å². The lowest BCUT2D eigenvalue weighted by molar-refractivity contribution is 0.531. The topological polar surface area (TPSA) is 46.2 Å². The molecule has 0 spiro atoms. The van der Waals surface area contributed by atoms with Crippen LogP contribution in [-0.4, -0.2) is 27.0 Å². The molecule has 1 aromatic rings. The smallest absolute Gasteiger partial charge is 0.151 e. The van der Waals surface area contributed by atoms with Crippen LogP contribution in [0.25, 0.3) is 0 Å². The second-order valence-corrected chi connectivity index (χ2v) is 7.88.